The molecule has 0 saturated heterocycles. The number of benzene rings is 2. The minimum Gasteiger partial charge on any atom is -0.339 e. The van der Waals surface area contributed by atoms with Crippen molar-refractivity contribution in [3.63, 3.8) is 0 Å². The number of halogens is 1. The summed E-state index contributed by atoms with van der Waals surface area (Å²) >= 11 is 0. The highest BCUT2D eigenvalue weighted by Crippen LogP contribution is 2.30. The molecule has 2 nitrogen and oxygen atoms in total. The summed E-state index contributed by atoms with van der Waals surface area (Å²) in [5.41, 5.74) is 2.80. The van der Waals surface area contributed by atoms with Crippen LogP contribution < -0.4 is 4.90 Å². The maximum atomic E-state index is 13.9. The number of hydrogen-bond acceptors (Lipinski definition) is 2. The van der Waals surface area contributed by atoms with E-state index in [0.29, 0.717) is 17.8 Å². The van der Waals surface area contributed by atoms with E-state index in [1.807, 2.05) is 32.0 Å². The van der Waals surface area contributed by atoms with Crippen molar-refractivity contribution < 1.29 is 9.18 Å². The Kier molecular flexibility index (Phi) is 3.95. The first kappa shape index (κ1) is 13.3. The number of carbonyl (C=O) groups is 1. The average Bonchev–Trinajstić information content (AvgIpc) is 2.43. The smallest absolute Gasteiger partial charge is 0.152 e. The van der Waals surface area contributed by atoms with Crippen molar-refractivity contribution in [1.29, 1.82) is 0 Å². The zero-order valence-corrected chi connectivity index (χ0v) is 11.1. The lowest BCUT2D eigenvalue weighted by Gasteiger charge is -2.25. The number of hydrogen-bond donors (Lipinski definition) is 0. The lowest BCUT2D eigenvalue weighted by Crippen LogP contribution is -2.19. The highest BCUT2D eigenvalue weighted by molar-refractivity contribution is 5.87. The summed E-state index contributed by atoms with van der Waals surface area (Å²) in [6, 6.07) is 12.2. The zero-order chi connectivity index (χ0) is 13.8. The van der Waals surface area contributed by atoms with Crippen molar-refractivity contribution in [1.82, 2.24) is 0 Å². The normalized spacial score (nSPS) is 10.3. The highest BCUT2D eigenvalue weighted by Gasteiger charge is 2.14. The molecule has 0 unspecified atom stereocenters. The molecule has 3 heteroatoms. The van der Waals surface area contributed by atoms with Gasteiger partial charge in [0.25, 0.3) is 0 Å². The van der Waals surface area contributed by atoms with Gasteiger partial charge in [-0.25, -0.2) is 4.39 Å². The van der Waals surface area contributed by atoms with Gasteiger partial charge in [0.1, 0.15) is 5.82 Å². The third-order valence-electron chi connectivity index (χ3n) is 3.06. The molecule has 0 N–H and O–H groups in total. The molecule has 19 heavy (non-hydrogen) atoms. The SMILES string of the molecule is CCN(c1ccccc1F)c1ccc(C)cc1C=O. The molecule has 98 valence electrons. The van der Waals surface area contributed by atoms with Crippen molar-refractivity contribution >= 4 is 17.7 Å². The first-order chi connectivity index (χ1) is 9.17. The van der Waals surface area contributed by atoms with E-state index >= 15 is 0 Å². The second-order valence-electron chi connectivity index (χ2n) is 4.38. The Morgan fingerprint density at radius 1 is 1.16 bits per heavy atom. The summed E-state index contributed by atoms with van der Waals surface area (Å²) in [7, 11) is 0. The van der Waals surface area contributed by atoms with Crippen LogP contribution in [0.3, 0.4) is 0 Å². The molecule has 0 bridgehead atoms. The Morgan fingerprint density at radius 3 is 2.53 bits per heavy atom. The Bertz CT molecular complexity index is 595. The van der Waals surface area contributed by atoms with Crippen molar-refractivity contribution in [3.05, 3.63) is 59.4 Å². The van der Waals surface area contributed by atoms with Gasteiger partial charge in [-0.15, -0.1) is 0 Å². The summed E-state index contributed by atoms with van der Waals surface area (Å²) in [6.45, 7) is 4.45. The van der Waals surface area contributed by atoms with E-state index < -0.39 is 0 Å². The quantitative estimate of drug-likeness (QED) is 0.768. The molecule has 0 heterocycles. The van der Waals surface area contributed by atoms with Gasteiger partial charge in [0.15, 0.2) is 6.29 Å². The van der Waals surface area contributed by atoms with Gasteiger partial charge in [0, 0.05) is 12.1 Å². The number of aldehydes is 1. The third kappa shape index (κ3) is 2.65. The first-order valence-corrected chi connectivity index (χ1v) is 6.25. The highest BCUT2D eigenvalue weighted by atomic mass is 19.1. The number of aryl methyl sites for hydroxylation is 1. The molecule has 2 rings (SSSR count). The van der Waals surface area contributed by atoms with Gasteiger partial charge in [-0.3, -0.25) is 4.79 Å². The second kappa shape index (κ2) is 5.65. The van der Waals surface area contributed by atoms with Crippen LogP contribution in [0.25, 0.3) is 0 Å². The van der Waals surface area contributed by atoms with Crippen molar-refractivity contribution in [2.75, 3.05) is 11.4 Å². The maximum Gasteiger partial charge on any atom is 0.152 e. The van der Waals surface area contributed by atoms with Crippen molar-refractivity contribution in [2.45, 2.75) is 13.8 Å². The van der Waals surface area contributed by atoms with E-state index in [1.54, 1.807) is 23.1 Å². The van der Waals surface area contributed by atoms with Crippen molar-refractivity contribution in [3.8, 4) is 0 Å². The van der Waals surface area contributed by atoms with Crippen LogP contribution in [-0.2, 0) is 0 Å². The predicted octanol–water partition coefficient (Wildman–Crippen LogP) is 4.10. The molecule has 0 atom stereocenters. The van der Waals surface area contributed by atoms with Crippen LogP contribution in [-0.4, -0.2) is 12.8 Å². The maximum absolute atomic E-state index is 13.9. The molecule has 0 aliphatic rings. The topological polar surface area (TPSA) is 20.3 Å². The van der Waals surface area contributed by atoms with Crippen LogP contribution >= 0.6 is 0 Å². The monoisotopic (exact) mass is 257 g/mol. The minimum absolute atomic E-state index is 0.290. The predicted molar refractivity (Wildman–Crippen MR) is 75.6 cm³/mol. The van der Waals surface area contributed by atoms with E-state index in [1.165, 1.54) is 6.07 Å². The first-order valence-electron chi connectivity index (χ1n) is 6.25. The van der Waals surface area contributed by atoms with E-state index in [2.05, 4.69) is 0 Å². The lowest BCUT2D eigenvalue weighted by molar-refractivity contribution is 0.112. The van der Waals surface area contributed by atoms with Crippen LogP contribution in [0.15, 0.2) is 42.5 Å². The standard InChI is InChI=1S/C16H16FNO/c1-3-18(16-7-5-4-6-14(16)17)15-9-8-12(2)10-13(15)11-19/h4-11H,3H2,1-2H3. The fourth-order valence-corrected chi connectivity index (χ4v) is 2.16. The molecule has 0 amide bonds. The molecule has 0 fully saturated rings. The Labute approximate surface area is 112 Å². The summed E-state index contributed by atoms with van der Waals surface area (Å²) in [4.78, 5) is 13.0. The molecule has 0 saturated carbocycles. The van der Waals surface area contributed by atoms with Crippen LogP contribution in [0.2, 0.25) is 0 Å². The third-order valence-corrected chi connectivity index (χ3v) is 3.06. The van der Waals surface area contributed by atoms with Crippen LogP contribution in [0.1, 0.15) is 22.8 Å². The summed E-state index contributed by atoms with van der Waals surface area (Å²) < 4.78 is 13.9. The zero-order valence-electron chi connectivity index (χ0n) is 11.1. The summed E-state index contributed by atoms with van der Waals surface area (Å²) in [5, 5.41) is 0. The van der Waals surface area contributed by atoms with Gasteiger partial charge < -0.3 is 4.90 Å². The molecule has 2 aromatic carbocycles. The van der Waals surface area contributed by atoms with Crippen LogP contribution in [0.5, 0.6) is 0 Å². The molecule has 0 aliphatic carbocycles. The Balaban J connectivity index is 2.54. The van der Waals surface area contributed by atoms with Gasteiger partial charge >= 0.3 is 0 Å². The second-order valence-corrected chi connectivity index (χ2v) is 4.38. The number of nitrogens with zero attached hydrogens (tertiary/aromatic N) is 1. The van der Waals surface area contributed by atoms with Gasteiger partial charge in [-0.1, -0.05) is 23.8 Å². The van der Waals surface area contributed by atoms with E-state index in [9.17, 15) is 9.18 Å². The van der Waals surface area contributed by atoms with Crippen molar-refractivity contribution in [2.24, 2.45) is 0 Å². The molecule has 0 aliphatic heterocycles. The number of para-hydroxylation sites is 1. The largest absolute Gasteiger partial charge is 0.339 e. The van der Waals surface area contributed by atoms with Gasteiger partial charge in [-0.2, -0.15) is 0 Å². The Morgan fingerprint density at radius 2 is 1.89 bits per heavy atom. The molecule has 0 aromatic heterocycles. The van der Waals surface area contributed by atoms with Crippen LogP contribution in [0, 0.1) is 12.7 Å². The van der Waals surface area contributed by atoms with E-state index in [4.69, 9.17) is 0 Å². The van der Waals surface area contributed by atoms with Crippen LogP contribution in [0.4, 0.5) is 15.8 Å². The molecular formula is C16H16FNO. The summed E-state index contributed by atoms with van der Waals surface area (Å²) in [6.07, 6.45) is 0.811. The average molecular weight is 257 g/mol. The minimum atomic E-state index is -0.290. The van der Waals surface area contributed by atoms with Gasteiger partial charge in [0.05, 0.1) is 11.4 Å². The summed E-state index contributed by atoms with van der Waals surface area (Å²) in [5.74, 6) is -0.290. The molecule has 0 spiro atoms. The lowest BCUT2D eigenvalue weighted by atomic mass is 10.1. The molecule has 0 radical (unpaired) electrons. The number of rotatable bonds is 4. The number of anilines is 2. The molecular weight excluding hydrogens is 241 g/mol. The fraction of sp³-hybridized carbons (Fsp3) is 0.188. The Hall–Kier alpha value is -2.16. The van der Waals surface area contributed by atoms with Gasteiger partial charge in [0.2, 0.25) is 0 Å². The van der Waals surface area contributed by atoms with E-state index in [0.717, 1.165) is 17.5 Å². The number of carbonyl (C=O) groups excluding carboxylic acids is 1. The fourth-order valence-electron chi connectivity index (χ4n) is 2.16. The van der Waals surface area contributed by atoms with E-state index in [-0.39, 0.29) is 5.82 Å². The van der Waals surface area contributed by atoms with Gasteiger partial charge in [-0.05, 0) is 38.1 Å². The molecule has 2 aromatic rings.